The summed E-state index contributed by atoms with van der Waals surface area (Å²) in [5.41, 5.74) is 2.40. The second-order valence-corrected chi connectivity index (χ2v) is 7.30. The number of carboxylic acids is 1. The Hall–Kier alpha value is -1.69. The predicted octanol–water partition coefficient (Wildman–Crippen LogP) is -6.26. The summed E-state index contributed by atoms with van der Waals surface area (Å²) in [6.45, 7) is 1.07. The standard InChI is InChI=1S/C12H17FN4O8S.Li/c1-6-4-7-5-16(12(21)17(7)25-9(13)11(19)20)8(6)10(18)15-24-2-3-26(14,22)23;/h4,7-9H,2-3,5H2,1H3,(H,15,18)(H,19,20)(H2,14,22,23);/q;+1/p-1/t7-,8+,9-;/m1./s1. The summed E-state index contributed by atoms with van der Waals surface area (Å²) in [6, 6.07) is -2.83. The van der Waals surface area contributed by atoms with Crippen LogP contribution < -0.4 is 34.6 Å². The van der Waals surface area contributed by atoms with Gasteiger partial charge in [-0.05, 0) is 12.5 Å². The topological polar surface area (TPSA) is 171 Å². The number of aliphatic carboxylic acids is 1. The van der Waals surface area contributed by atoms with Crippen LogP contribution in [0.2, 0.25) is 0 Å². The number of amides is 3. The van der Waals surface area contributed by atoms with Crippen LogP contribution in [0.4, 0.5) is 9.18 Å². The third-order valence-electron chi connectivity index (χ3n) is 3.60. The van der Waals surface area contributed by atoms with Crippen LogP contribution in [0.25, 0.3) is 0 Å². The molecule has 2 aliphatic rings. The van der Waals surface area contributed by atoms with Gasteiger partial charge in [0.2, 0.25) is 10.0 Å². The molecule has 3 N–H and O–H groups in total. The van der Waals surface area contributed by atoms with Crippen LogP contribution in [-0.2, 0) is 29.3 Å². The first kappa shape index (κ1) is 23.3. The summed E-state index contributed by atoms with van der Waals surface area (Å²) in [6.07, 6.45) is -1.40. The molecule has 2 aliphatic heterocycles. The van der Waals surface area contributed by atoms with Crippen LogP contribution >= 0.6 is 0 Å². The van der Waals surface area contributed by atoms with E-state index in [1.54, 1.807) is 0 Å². The number of fused-ring (bicyclic) bond motifs is 2. The quantitative estimate of drug-likeness (QED) is 0.175. The van der Waals surface area contributed by atoms with Crippen molar-refractivity contribution in [3.8, 4) is 0 Å². The number of carbonyl (C=O) groups is 3. The number of hydroxylamine groups is 3. The van der Waals surface area contributed by atoms with Gasteiger partial charge in [0.05, 0.1) is 24.9 Å². The molecule has 1 saturated heterocycles. The van der Waals surface area contributed by atoms with Crippen molar-refractivity contribution in [1.82, 2.24) is 15.4 Å². The van der Waals surface area contributed by atoms with Crippen molar-refractivity contribution in [2.24, 2.45) is 5.14 Å². The van der Waals surface area contributed by atoms with Gasteiger partial charge in [-0.3, -0.25) is 9.63 Å². The molecule has 0 radical (unpaired) electrons. The van der Waals surface area contributed by atoms with Crippen LogP contribution in [0.1, 0.15) is 6.92 Å². The Kier molecular flexibility index (Phi) is 7.78. The minimum Gasteiger partial charge on any atom is -0.544 e. The van der Waals surface area contributed by atoms with E-state index in [1.165, 1.54) is 13.0 Å². The summed E-state index contributed by atoms with van der Waals surface area (Å²) in [5, 5.41) is 15.7. The van der Waals surface area contributed by atoms with Gasteiger partial charge in [0.15, 0.2) is 0 Å². The molecule has 0 unspecified atom stereocenters. The van der Waals surface area contributed by atoms with E-state index in [0.29, 0.717) is 10.6 Å². The number of carboxylic acid groups (broad SMARTS) is 1. The van der Waals surface area contributed by atoms with Crippen molar-refractivity contribution < 1.29 is 60.8 Å². The molecule has 0 aliphatic carbocycles. The molecule has 0 saturated carbocycles. The van der Waals surface area contributed by atoms with Crippen LogP contribution in [0, 0.1) is 0 Å². The fourth-order valence-corrected chi connectivity index (χ4v) is 2.86. The Morgan fingerprint density at radius 1 is 1.52 bits per heavy atom. The number of alkyl halides is 1. The molecule has 2 rings (SSSR count). The van der Waals surface area contributed by atoms with Crippen molar-refractivity contribution in [2.75, 3.05) is 18.9 Å². The molecule has 3 atom stereocenters. The van der Waals surface area contributed by atoms with E-state index in [9.17, 15) is 32.3 Å². The molecule has 146 valence electrons. The van der Waals surface area contributed by atoms with Gasteiger partial charge in [0.1, 0.15) is 12.0 Å². The van der Waals surface area contributed by atoms with E-state index in [4.69, 9.17) is 9.98 Å². The Labute approximate surface area is 165 Å². The first-order valence-corrected chi connectivity index (χ1v) is 8.95. The molecule has 2 heterocycles. The van der Waals surface area contributed by atoms with E-state index in [1.807, 2.05) is 5.48 Å². The molecule has 0 aromatic heterocycles. The van der Waals surface area contributed by atoms with Gasteiger partial charge in [-0.2, -0.15) is 5.06 Å². The minimum atomic E-state index is -3.77. The van der Waals surface area contributed by atoms with Gasteiger partial charge in [0, 0.05) is 0 Å². The van der Waals surface area contributed by atoms with Gasteiger partial charge in [-0.1, -0.05) is 6.08 Å². The number of halogens is 1. The molecular formula is C12H16FLiN4O8S. The first-order chi connectivity index (χ1) is 12.0. The van der Waals surface area contributed by atoms with Gasteiger partial charge < -0.3 is 14.8 Å². The minimum absolute atomic E-state index is 0. The molecule has 27 heavy (non-hydrogen) atoms. The molecule has 15 heteroatoms. The van der Waals surface area contributed by atoms with Crippen LogP contribution in [0.15, 0.2) is 11.6 Å². The Bertz CT molecular complexity index is 748. The zero-order chi connectivity index (χ0) is 19.6. The Morgan fingerprint density at radius 3 is 2.70 bits per heavy atom. The van der Waals surface area contributed by atoms with Gasteiger partial charge in [-0.15, -0.1) is 0 Å². The first-order valence-electron chi connectivity index (χ1n) is 7.23. The number of primary sulfonamides is 1. The average molecular weight is 402 g/mol. The van der Waals surface area contributed by atoms with E-state index < -0.39 is 58.7 Å². The number of sulfonamides is 1. The molecule has 3 amide bonds. The smallest absolute Gasteiger partial charge is 0.544 e. The van der Waals surface area contributed by atoms with E-state index in [-0.39, 0.29) is 25.4 Å². The fourth-order valence-electron chi connectivity index (χ4n) is 2.55. The summed E-state index contributed by atoms with van der Waals surface area (Å²) in [7, 11) is -3.77. The van der Waals surface area contributed by atoms with Crippen LogP contribution in [0.3, 0.4) is 0 Å². The monoisotopic (exact) mass is 402 g/mol. The maximum atomic E-state index is 13.2. The fraction of sp³-hybridized carbons (Fsp3) is 0.583. The van der Waals surface area contributed by atoms with Crippen molar-refractivity contribution in [1.29, 1.82) is 0 Å². The molecule has 0 aromatic carbocycles. The van der Waals surface area contributed by atoms with Crippen molar-refractivity contribution in [2.45, 2.75) is 25.4 Å². The summed E-state index contributed by atoms with van der Waals surface area (Å²) in [5.74, 6) is -3.45. The number of hydrogen-bond donors (Lipinski definition) is 2. The zero-order valence-electron chi connectivity index (χ0n) is 14.5. The van der Waals surface area contributed by atoms with Crippen molar-refractivity contribution >= 4 is 27.9 Å². The molecule has 12 nitrogen and oxygen atoms in total. The van der Waals surface area contributed by atoms with E-state index in [2.05, 4.69) is 4.84 Å². The predicted molar refractivity (Wildman–Crippen MR) is 78.3 cm³/mol. The second kappa shape index (κ2) is 9.00. The SMILES string of the molecule is CC1=C[C@@H]2CN(C(=O)N2O[C@@H](F)C(=O)[O-])[C@@H]1C(=O)NOCCS(N)(=O)=O.[Li+]. The molecular weight excluding hydrogens is 386 g/mol. The van der Waals surface area contributed by atoms with Gasteiger partial charge >= 0.3 is 24.9 Å². The third kappa shape index (κ3) is 5.64. The largest absolute Gasteiger partial charge is 1.00 e. The zero-order valence-corrected chi connectivity index (χ0v) is 15.3. The van der Waals surface area contributed by atoms with E-state index in [0.717, 1.165) is 4.90 Å². The number of hydrogen-bond acceptors (Lipinski definition) is 8. The summed E-state index contributed by atoms with van der Waals surface area (Å²) in [4.78, 5) is 45.1. The van der Waals surface area contributed by atoms with Gasteiger partial charge in [0.25, 0.3) is 12.3 Å². The number of urea groups is 1. The maximum Gasteiger partial charge on any atom is 1.00 e. The number of nitrogens with one attached hydrogen (secondary N) is 1. The average Bonchev–Trinajstić information content (AvgIpc) is 2.75. The Morgan fingerprint density at radius 2 is 2.15 bits per heavy atom. The number of carbonyl (C=O) groups excluding carboxylic acids is 3. The Balaban J connectivity index is 0.00000364. The maximum absolute atomic E-state index is 13.2. The van der Waals surface area contributed by atoms with E-state index >= 15 is 0 Å². The number of nitrogens with two attached hydrogens (primary N) is 1. The number of nitrogens with zero attached hydrogens (tertiary/aromatic N) is 2. The van der Waals surface area contributed by atoms with Gasteiger partial charge in [-0.25, -0.2) is 33.1 Å². The normalized spacial score (nSPS) is 22.8. The molecule has 2 bridgehead atoms. The van der Waals surface area contributed by atoms with Crippen molar-refractivity contribution in [3.05, 3.63) is 11.6 Å². The van der Waals surface area contributed by atoms with Crippen molar-refractivity contribution in [3.63, 3.8) is 0 Å². The summed E-state index contributed by atoms with van der Waals surface area (Å²) >= 11 is 0. The molecule has 0 aromatic rings. The molecule has 0 spiro atoms. The second-order valence-electron chi connectivity index (χ2n) is 5.56. The summed E-state index contributed by atoms with van der Waals surface area (Å²) < 4.78 is 34.7. The van der Waals surface area contributed by atoms with Crippen LogP contribution in [0.5, 0.6) is 0 Å². The third-order valence-corrected chi connectivity index (χ3v) is 4.34. The van der Waals surface area contributed by atoms with Crippen LogP contribution in [-0.4, -0.2) is 73.6 Å². The molecule has 1 fully saturated rings. The number of rotatable bonds is 8.